The van der Waals surface area contributed by atoms with Gasteiger partial charge < -0.3 is 14.5 Å². The fraction of sp³-hybridized carbons (Fsp3) is 0.500. The van der Waals surface area contributed by atoms with Gasteiger partial charge in [-0.15, -0.1) is 0 Å². The molecule has 5 heteroatoms. The van der Waals surface area contributed by atoms with Crippen LogP contribution < -0.4 is 9.80 Å². The van der Waals surface area contributed by atoms with Crippen molar-refractivity contribution in [3.8, 4) is 6.07 Å². The van der Waals surface area contributed by atoms with Crippen LogP contribution >= 0.6 is 0 Å². The van der Waals surface area contributed by atoms with E-state index in [9.17, 15) is 10.1 Å². The maximum absolute atomic E-state index is 12.1. The fourth-order valence-electron chi connectivity index (χ4n) is 6.40. The van der Waals surface area contributed by atoms with Crippen molar-refractivity contribution < 1.29 is 9.53 Å². The number of rotatable bonds is 0. The molecule has 1 aromatic carbocycles. The molecule has 5 heterocycles. The molecule has 0 saturated carbocycles. The van der Waals surface area contributed by atoms with E-state index >= 15 is 0 Å². The molecular weight excluding hydrogens is 362 g/mol. The number of benzene rings is 1. The molecule has 5 nitrogen and oxygen atoms in total. The number of nitriles is 1. The second-order valence-electron chi connectivity index (χ2n) is 9.38. The van der Waals surface area contributed by atoms with Crippen LogP contribution in [-0.4, -0.2) is 31.7 Å². The van der Waals surface area contributed by atoms with E-state index in [1.165, 1.54) is 59.7 Å². The van der Waals surface area contributed by atoms with Crippen LogP contribution in [-0.2, 0) is 27.8 Å². The van der Waals surface area contributed by atoms with Gasteiger partial charge in [-0.25, -0.2) is 4.79 Å². The second kappa shape index (κ2) is 5.66. The smallest absolute Gasteiger partial charge is 0.349 e. The molecule has 0 aliphatic carbocycles. The van der Waals surface area contributed by atoms with Gasteiger partial charge in [0.05, 0.1) is 0 Å². The molecule has 0 amide bonds. The standard InChI is InChI=1S/C24H25N3O2/c1-24(2)20-16-6-4-9-26-8-3-5-14(21(16)26)12-18(20)27-10-7-19-17(22(24)27)11-15(13-25)23(28)29-19/h11-12,19H,3-10H2,1-2H3. The molecule has 148 valence electrons. The Hall–Kier alpha value is -2.74. The first-order valence-electron chi connectivity index (χ1n) is 10.8. The number of ether oxygens (including phenoxy) is 1. The molecule has 0 fully saturated rings. The number of anilines is 2. The Labute approximate surface area is 171 Å². The molecular formula is C24H25N3O2. The zero-order chi connectivity index (χ0) is 19.9. The minimum Gasteiger partial charge on any atom is -0.453 e. The molecule has 0 bridgehead atoms. The first kappa shape index (κ1) is 17.1. The predicted octanol–water partition coefficient (Wildman–Crippen LogP) is 3.52. The summed E-state index contributed by atoms with van der Waals surface area (Å²) in [5.74, 6) is -0.482. The van der Waals surface area contributed by atoms with Crippen molar-refractivity contribution in [2.75, 3.05) is 29.4 Å². The molecule has 0 spiro atoms. The van der Waals surface area contributed by atoms with E-state index in [0.717, 1.165) is 31.4 Å². The number of aryl methyl sites for hydroxylation is 1. The summed E-state index contributed by atoms with van der Waals surface area (Å²) in [6.45, 7) is 7.80. The molecule has 1 aromatic rings. The maximum atomic E-state index is 12.1. The van der Waals surface area contributed by atoms with E-state index in [1.54, 1.807) is 6.08 Å². The van der Waals surface area contributed by atoms with Crippen LogP contribution in [0.15, 0.2) is 29.0 Å². The number of nitrogens with zero attached hydrogens (tertiary/aromatic N) is 3. The lowest BCUT2D eigenvalue weighted by Crippen LogP contribution is -2.40. The highest BCUT2D eigenvalue weighted by Gasteiger charge is 2.49. The second-order valence-corrected chi connectivity index (χ2v) is 9.38. The van der Waals surface area contributed by atoms with E-state index in [4.69, 9.17) is 4.74 Å². The summed E-state index contributed by atoms with van der Waals surface area (Å²) in [6.07, 6.45) is 7.07. The van der Waals surface area contributed by atoms with Gasteiger partial charge in [0.15, 0.2) is 0 Å². The van der Waals surface area contributed by atoms with Crippen LogP contribution in [0.1, 0.15) is 49.8 Å². The predicted molar refractivity (Wildman–Crippen MR) is 111 cm³/mol. The van der Waals surface area contributed by atoms with E-state index in [-0.39, 0.29) is 17.1 Å². The quantitative estimate of drug-likeness (QED) is 0.638. The first-order chi connectivity index (χ1) is 14.0. The highest BCUT2D eigenvalue weighted by Crippen LogP contribution is 2.56. The number of fused-ring (bicyclic) bond motifs is 5. The van der Waals surface area contributed by atoms with Crippen molar-refractivity contribution in [1.82, 2.24) is 0 Å². The maximum Gasteiger partial charge on any atom is 0.349 e. The lowest BCUT2D eigenvalue weighted by Gasteiger charge is -2.39. The normalized spacial score (nSPS) is 26.0. The SMILES string of the molecule is CC1(C)C2=C3C=C(C#N)C(=O)OC3CCN2c2cc3c4c(c21)CCCN4CCC3. The van der Waals surface area contributed by atoms with Crippen molar-refractivity contribution in [3.63, 3.8) is 0 Å². The Bertz CT molecular complexity index is 1070. The average Bonchev–Trinajstić information content (AvgIpc) is 2.95. The molecule has 1 unspecified atom stereocenters. The molecule has 0 radical (unpaired) electrons. The summed E-state index contributed by atoms with van der Waals surface area (Å²) in [4.78, 5) is 17.2. The Morgan fingerprint density at radius 2 is 2.00 bits per heavy atom. The molecule has 29 heavy (non-hydrogen) atoms. The van der Waals surface area contributed by atoms with Crippen LogP contribution in [0, 0.1) is 11.3 Å². The summed E-state index contributed by atoms with van der Waals surface area (Å²) in [6, 6.07) is 4.46. The van der Waals surface area contributed by atoms with E-state index in [2.05, 4.69) is 29.7 Å². The molecule has 1 atom stereocenters. The van der Waals surface area contributed by atoms with E-state index < -0.39 is 5.97 Å². The highest BCUT2D eigenvalue weighted by atomic mass is 16.5. The number of esters is 1. The van der Waals surface area contributed by atoms with Gasteiger partial charge in [-0.05, 0) is 54.5 Å². The van der Waals surface area contributed by atoms with Gasteiger partial charge in [0.1, 0.15) is 17.7 Å². The van der Waals surface area contributed by atoms with Crippen LogP contribution in [0.4, 0.5) is 11.4 Å². The molecule has 0 N–H and O–H groups in total. The minimum absolute atomic E-state index is 0.115. The lowest BCUT2D eigenvalue weighted by atomic mass is 9.75. The Morgan fingerprint density at radius 1 is 1.21 bits per heavy atom. The summed E-state index contributed by atoms with van der Waals surface area (Å²) >= 11 is 0. The number of carbonyl (C=O) groups is 1. The minimum atomic E-state index is -0.482. The zero-order valence-corrected chi connectivity index (χ0v) is 17.0. The molecule has 6 rings (SSSR count). The van der Waals surface area contributed by atoms with Crippen molar-refractivity contribution in [2.24, 2.45) is 0 Å². The van der Waals surface area contributed by atoms with Crippen LogP contribution in [0.25, 0.3) is 0 Å². The monoisotopic (exact) mass is 387 g/mol. The van der Waals surface area contributed by atoms with Gasteiger partial charge in [-0.3, -0.25) is 0 Å². The third-order valence-electron chi connectivity index (χ3n) is 7.41. The summed E-state index contributed by atoms with van der Waals surface area (Å²) in [5, 5.41) is 9.40. The van der Waals surface area contributed by atoms with Crippen LogP contribution in [0.5, 0.6) is 0 Å². The van der Waals surface area contributed by atoms with Gasteiger partial charge in [0, 0.05) is 54.1 Å². The first-order valence-corrected chi connectivity index (χ1v) is 10.8. The third-order valence-corrected chi connectivity index (χ3v) is 7.41. The summed E-state index contributed by atoms with van der Waals surface area (Å²) < 4.78 is 5.66. The third kappa shape index (κ3) is 2.12. The molecule has 5 aliphatic rings. The lowest BCUT2D eigenvalue weighted by molar-refractivity contribution is -0.143. The number of allylic oxidation sites excluding steroid dienone is 1. The van der Waals surface area contributed by atoms with Gasteiger partial charge in [0.25, 0.3) is 0 Å². The van der Waals surface area contributed by atoms with Crippen molar-refractivity contribution in [3.05, 3.63) is 45.7 Å². The average molecular weight is 387 g/mol. The zero-order valence-electron chi connectivity index (χ0n) is 17.0. The Kier molecular flexibility index (Phi) is 3.35. The van der Waals surface area contributed by atoms with E-state index in [1.807, 2.05) is 6.07 Å². The van der Waals surface area contributed by atoms with Crippen LogP contribution in [0.3, 0.4) is 0 Å². The molecule has 0 saturated heterocycles. The van der Waals surface area contributed by atoms with Gasteiger partial charge in [-0.1, -0.05) is 13.8 Å². The van der Waals surface area contributed by atoms with Gasteiger partial charge >= 0.3 is 5.97 Å². The number of hydrogen-bond acceptors (Lipinski definition) is 5. The largest absolute Gasteiger partial charge is 0.453 e. The molecule has 5 aliphatic heterocycles. The topological polar surface area (TPSA) is 56.6 Å². The van der Waals surface area contributed by atoms with Crippen molar-refractivity contribution in [2.45, 2.75) is 57.5 Å². The van der Waals surface area contributed by atoms with Gasteiger partial charge in [0.2, 0.25) is 0 Å². The Balaban J connectivity index is 1.63. The number of hydrogen-bond donors (Lipinski definition) is 0. The number of carbonyl (C=O) groups excluding carboxylic acids is 1. The van der Waals surface area contributed by atoms with Crippen LogP contribution in [0.2, 0.25) is 0 Å². The van der Waals surface area contributed by atoms with E-state index in [0.29, 0.717) is 0 Å². The fourth-order valence-corrected chi connectivity index (χ4v) is 6.40. The van der Waals surface area contributed by atoms with Crippen molar-refractivity contribution in [1.29, 1.82) is 5.26 Å². The van der Waals surface area contributed by atoms with Crippen molar-refractivity contribution >= 4 is 17.3 Å². The Morgan fingerprint density at radius 3 is 2.79 bits per heavy atom. The highest BCUT2D eigenvalue weighted by molar-refractivity contribution is 5.95. The summed E-state index contributed by atoms with van der Waals surface area (Å²) in [7, 11) is 0. The molecule has 0 aromatic heterocycles. The van der Waals surface area contributed by atoms with Gasteiger partial charge in [-0.2, -0.15) is 5.26 Å². The summed E-state index contributed by atoms with van der Waals surface area (Å²) in [5.41, 5.74) is 9.51.